The first-order valence-corrected chi connectivity index (χ1v) is 6.39. The van der Waals surface area contributed by atoms with E-state index in [0.29, 0.717) is 12.1 Å². The van der Waals surface area contributed by atoms with Gasteiger partial charge >= 0.3 is 6.03 Å². The number of rotatable bonds is 2. The highest BCUT2D eigenvalue weighted by atomic mass is 16.3. The van der Waals surface area contributed by atoms with Gasteiger partial charge in [0.25, 0.3) is 0 Å². The zero-order valence-corrected chi connectivity index (χ0v) is 10.6. The molecule has 2 amide bonds. The number of aliphatic hydroxyl groups is 1. The Morgan fingerprint density at radius 1 is 1.41 bits per heavy atom. The van der Waals surface area contributed by atoms with Crippen molar-refractivity contribution in [1.82, 2.24) is 10.2 Å². The number of carbonyl (C=O) groups is 1. The predicted molar refractivity (Wildman–Crippen MR) is 65.5 cm³/mol. The second kappa shape index (κ2) is 4.46. The first-order valence-electron chi connectivity index (χ1n) is 6.39. The summed E-state index contributed by atoms with van der Waals surface area (Å²) in [5, 5.41) is 13.3. The number of amides is 2. The fourth-order valence-corrected chi connectivity index (χ4v) is 2.74. The van der Waals surface area contributed by atoms with E-state index in [9.17, 15) is 9.90 Å². The van der Waals surface area contributed by atoms with Gasteiger partial charge in [-0.15, -0.1) is 0 Å². The summed E-state index contributed by atoms with van der Waals surface area (Å²) in [5.41, 5.74) is 5.22. The second-order valence-electron chi connectivity index (χ2n) is 5.89. The lowest BCUT2D eigenvalue weighted by atomic mass is 9.64. The van der Waals surface area contributed by atoms with E-state index in [1.807, 2.05) is 0 Å². The molecule has 1 saturated heterocycles. The van der Waals surface area contributed by atoms with Crippen LogP contribution in [0.4, 0.5) is 4.79 Å². The predicted octanol–water partition coefficient (Wildman–Crippen LogP) is 0.279. The number of nitrogens with zero attached hydrogens (tertiary/aromatic N) is 1. The van der Waals surface area contributed by atoms with Crippen LogP contribution in [0.3, 0.4) is 0 Å². The highest BCUT2D eigenvalue weighted by Crippen LogP contribution is 2.40. The van der Waals surface area contributed by atoms with Gasteiger partial charge in [-0.3, -0.25) is 0 Å². The van der Waals surface area contributed by atoms with E-state index in [1.165, 1.54) is 0 Å². The van der Waals surface area contributed by atoms with Crippen molar-refractivity contribution in [2.45, 2.75) is 51.3 Å². The van der Waals surface area contributed by atoms with Crippen LogP contribution in [0.5, 0.6) is 0 Å². The third-order valence-electron chi connectivity index (χ3n) is 4.46. The SMILES string of the molecule is CC1(C)C(O)CC1NC1CCN(C(N)=O)CC1. The van der Waals surface area contributed by atoms with Gasteiger partial charge in [0.2, 0.25) is 0 Å². The summed E-state index contributed by atoms with van der Waals surface area (Å²) in [5.74, 6) is 0. The summed E-state index contributed by atoms with van der Waals surface area (Å²) in [6, 6.07) is 0.521. The third-order valence-corrected chi connectivity index (χ3v) is 4.46. The molecule has 2 unspecified atom stereocenters. The Kier molecular flexibility index (Phi) is 3.32. The largest absolute Gasteiger partial charge is 0.392 e. The summed E-state index contributed by atoms with van der Waals surface area (Å²) in [6.45, 7) is 5.67. The van der Waals surface area contributed by atoms with Crippen molar-refractivity contribution in [3.8, 4) is 0 Å². The van der Waals surface area contributed by atoms with Gasteiger partial charge in [0.1, 0.15) is 0 Å². The maximum atomic E-state index is 11.0. The van der Waals surface area contributed by atoms with Crippen LogP contribution in [0.2, 0.25) is 0 Å². The number of aliphatic hydroxyl groups excluding tert-OH is 1. The minimum absolute atomic E-state index is 0.0270. The second-order valence-corrected chi connectivity index (χ2v) is 5.89. The smallest absolute Gasteiger partial charge is 0.314 e. The van der Waals surface area contributed by atoms with Gasteiger partial charge in [-0.1, -0.05) is 13.8 Å². The van der Waals surface area contributed by atoms with Gasteiger partial charge in [-0.25, -0.2) is 4.79 Å². The fourth-order valence-electron chi connectivity index (χ4n) is 2.74. The minimum atomic E-state index is -0.317. The first-order chi connectivity index (χ1) is 7.91. The van der Waals surface area contributed by atoms with Crippen LogP contribution in [0.15, 0.2) is 0 Å². The monoisotopic (exact) mass is 241 g/mol. The van der Waals surface area contributed by atoms with Crippen LogP contribution in [-0.2, 0) is 0 Å². The van der Waals surface area contributed by atoms with Crippen LogP contribution < -0.4 is 11.1 Å². The molecule has 2 aliphatic rings. The topological polar surface area (TPSA) is 78.6 Å². The van der Waals surface area contributed by atoms with Crippen molar-refractivity contribution < 1.29 is 9.90 Å². The van der Waals surface area contributed by atoms with E-state index in [1.54, 1.807) is 4.90 Å². The van der Waals surface area contributed by atoms with Crippen LogP contribution in [0.1, 0.15) is 33.1 Å². The van der Waals surface area contributed by atoms with Crippen LogP contribution in [-0.4, -0.2) is 47.3 Å². The molecule has 0 radical (unpaired) electrons. The Bertz CT molecular complexity index is 298. The molecule has 1 aliphatic heterocycles. The molecule has 17 heavy (non-hydrogen) atoms. The maximum absolute atomic E-state index is 11.0. The molecule has 2 rings (SSSR count). The van der Waals surface area contributed by atoms with Crippen LogP contribution in [0, 0.1) is 5.41 Å². The minimum Gasteiger partial charge on any atom is -0.392 e. The molecule has 4 N–H and O–H groups in total. The maximum Gasteiger partial charge on any atom is 0.314 e. The molecular weight excluding hydrogens is 218 g/mol. The molecule has 0 aromatic rings. The molecule has 98 valence electrons. The number of hydrogen-bond acceptors (Lipinski definition) is 3. The zero-order valence-electron chi connectivity index (χ0n) is 10.6. The fraction of sp³-hybridized carbons (Fsp3) is 0.917. The van der Waals surface area contributed by atoms with Crippen molar-refractivity contribution in [3.63, 3.8) is 0 Å². The third kappa shape index (κ3) is 2.40. The zero-order chi connectivity index (χ0) is 12.6. The van der Waals surface area contributed by atoms with Gasteiger partial charge < -0.3 is 21.1 Å². The summed E-state index contributed by atoms with van der Waals surface area (Å²) >= 11 is 0. The molecule has 2 atom stereocenters. The van der Waals surface area contributed by atoms with E-state index in [-0.39, 0.29) is 17.6 Å². The van der Waals surface area contributed by atoms with Gasteiger partial charge in [-0.05, 0) is 19.3 Å². The molecule has 5 heteroatoms. The molecule has 2 fully saturated rings. The number of hydrogen-bond donors (Lipinski definition) is 3. The number of nitrogens with two attached hydrogens (primary N) is 1. The lowest BCUT2D eigenvalue weighted by Crippen LogP contribution is -2.63. The van der Waals surface area contributed by atoms with E-state index >= 15 is 0 Å². The van der Waals surface area contributed by atoms with Crippen LogP contribution in [0.25, 0.3) is 0 Å². The number of primary amides is 1. The average molecular weight is 241 g/mol. The van der Waals surface area contributed by atoms with Crippen molar-refractivity contribution in [3.05, 3.63) is 0 Å². The summed E-state index contributed by atoms with van der Waals surface area (Å²) in [6.07, 6.45) is 2.55. The van der Waals surface area contributed by atoms with Crippen molar-refractivity contribution in [2.24, 2.45) is 11.1 Å². The van der Waals surface area contributed by atoms with Crippen molar-refractivity contribution in [1.29, 1.82) is 0 Å². The lowest BCUT2D eigenvalue weighted by Gasteiger charge is -2.51. The molecular formula is C12H23N3O2. The van der Waals surface area contributed by atoms with Crippen molar-refractivity contribution in [2.75, 3.05) is 13.1 Å². The number of nitrogens with one attached hydrogen (secondary N) is 1. The van der Waals surface area contributed by atoms with E-state index < -0.39 is 0 Å². The molecule has 0 bridgehead atoms. The Hall–Kier alpha value is -0.810. The highest BCUT2D eigenvalue weighted by Gasteiger charge is 2.47. The van der Waals surface area contributed by atoms with Gasteiger partial charge in [-0.2, -0.15) is 0 Å². The molecule has 1 heterocycles. The Morgan fingerprint density at radius 3 is 2.41 bits per heavy atom. The standard InChI is InChI=1S/C12H23N3O2/c1-12(2)9(7-10(12)16)14-8-3-5-15(6-4-8)11(13)17/h8-10,14,16H,3-7H2,1-2H3,(H2,13,17). The number of likely N-dealkylation sites (tertiary alicyclic amines) is 1. The van der Waals surface area contributed by atoms with E-state index in [2.05, 4.69) is 19.2 Å². The Morgan fingerprint density at radius 2 is 2.00 bits per heavy atom. The quantitative estimate of drug-likeness (QED) is 0.649. The normalized spacial score (nSPS) is 33.2. The summed E-state index contributed by atoms with van der Waals surface area (Å²) < 4.78 is 0. The molecule has 0 aromatic carbocycles. The Balaban J connectivity index is 1.78. The number of carbonyl (C=O) groups excluding carboxylic acids is 1. The number of urea groups is 1. The molecule has 0 spiro atoms. The molecule has 5 nitrogen and oxygen atoms in total. The highest BCUT2D eigenvalue weighted by molar-refractivity contribution is 5.72. The molecule has 1 saturated carbocycles. The first kappa shape index (κ1) is 12.6. The lowest BCUT2D eigenvalue weighted by molar-refractivity contribution is -0.0774. The van der Waals surface area contributed by atoms with Gasteiger partial charge in [0, 0.05) is 30.6 Å². The summed E-state index contributed by atoms with van der Waals surface area (Å²) in [7, 11) is 0. The Labute approximate surface area is 102 Å². The summed E-state index contributed by atoms with van der Waals surface area (Å²) in [4.78, 5) is 12.7. The molecule has 1 aliphatic carbocycles. The van der Waals surface area contributed by atoms with E-state index in [4.69, 9.17) is 5.73 Å². The van der Waals surface area contributed by atoms with Crippen LogP contribution >= 0.6 is 0 Å². The van der Waals surface area contributed by atoms with E-state index in [0.717, 1.165) is 32.4 Å². The van der Waals surface area contributed by atoms with Gasteiger partial charge in [0.15, 0.2) is 0 Å². The number of piperidine rings is 1. The van der Waals surface area contributed by atoms with Crippen molar-refractivity contribution >= 4 is 6.03 Å². The molecule has 0 aromatic heterocycles. The average Bonchev–Trinajstić information content (AvgIpc) is 2.29. The van der Waals surface area contributed by atoms with Gasteiger partial charge in [0.05, 0.1) is 6.10 Å².